The molecule has 0 spiro atoms. The predicted molar refractivity (Wildman–Crippen MR) is 67.6 cm³/mol. The number of piperidine rings is 1. The number of nitrogens with one attached hydrogen (secondary N) is 1. The van der Waals surface area contributed by atoms with Crippen LogP contribution < -0.4 is 5.32 Å². The Bertz CT molecular complexity index is 329. The third-order valence-corrected chi connectivity index (χ3v) is 3.87. The minimum Gasteiger partial charge on any atom is -0.310 e. The highest BCUT2D eigenvalue weighted by atomic mass is 32.2. The molecule has 1 fully saturated rings. The highest BCUT2D eigenvalue weighted by Gasteiger charge is 2.17. The zero-order valence-electron chi connectivity index (χ0n) is 9.55. The number of thioether (sulfide) groups is 1. The third kappa shape index (κ3) is 2.56. The summed E-state index contributed by atoms with van der Waals surface area (Å²) >= 11 is 1.86. The van der Waals surface area contributed by atoms with Crippen molar-refractivity contribution in [2.24, 2.45) is 0 Å². The fourth-order valence-corrected chi connectivity index (χ4v) is 2.97. The Morgan fingerprint density at radius 1 is 1.33 bits per heavy atom. The molecule has 1 aliphatic rings. The molecule has 15 heavy (non-hydrogen) atoms. The molecular formula is C13H19NS. The molecule has 0 amide bonds. The SMILES string of the molecule is CSc1cc(C)ccc1C1CCCCN1. The lowest BCUT2D eigenvalue weighted by atomic mass is 9.97. The van der Waals surface area contributed by atoms with E-state index >= 15 is 0 Å². The largest absolute Gasteiger partial charge is 0.310 e. The van der Waals surface area contributed by atoms with Crippen molar-refractivity contribution in [3.63, 3.8) is 0 Å². The van der Waals surface area contributed by atoms with Gasteiger partial charge in [-0.1, -0.05) is 18.6 Å². The van der Waals surface area contributed by atoms with Gasteiger partial charge in [-0.3, -0.25) is 0 Å². The number of rotatable bonds is 2. The lowest BCUT2D eigenvalue weighted by Gasteiger charge is -2.25. The van der Waals surface area contributed by atoms with Crippen LogP contribution in [0.5, 0.6) is 0 Å². The van der Waals surface area contributed by atoms with E-state index in [1.807, 2.05) is 11.8 Å². The maximum atomic E-state index is 3.62. The summed E-state index contributed by atoms with van der Waals surface area (Å²) in [5.41, 5.74) is 2.85. The summed E-state index contributed by atoms with van der Waals surface area (Å²) in [5.74, 6) is 0. The van der Waals surface area contributed by atoms with E-state index in [9.17, 15) is 0 Å². The molecule has 1 aliphatic heterocycles. The first-order chi connectivity index (χ1) is 7.31. The maximum Gasteiger partial charge on any atom is 0.0331 e. The fraction of sp³-hybridized carbons (Fsp3) is 0.538. The van der Waals surface area contributed by atoms with Crippen molar-refractivity contribution in [2.75, 3.05) is 12.8 Å². The Hall–Kier alpha value is -0.470. The van der Waals surface area contributed by atoms with Crippen LogP contribution in [0.3, 0.4) is 0 Å². The molecule has 2 heteroatoms. The lowest BCUT2D eigenvalue weighted by molar-refractivity contribution is 0.408. The zero-order chi connectivity index (χ0) is 10.7. The molecule has 0 aromatic heterocycles. The van der Waals surface area contributed by atoms with Gasteiger partial charge in [0.25, 0.3) is 0 Å². The number of hydrogen-bond donors (Lipinski definition) is 1. The van der Waals surface area contributed by atoms with Crippen molar-refractivity contribution in [1.82, 2.24) is 5.32 Å². The summed E-state index contributed by atoms with van der Waals surface area (Å²) in [4.78, 5) is 1.44. The van der Waals surface area contributed by atoms with Gasteiger partial charge >= 0.3 is 0 Å². The molecule has 1 aromatic carbocycles. The Kier molecular flexibility index (Phi) is 3.71. The van der Waals surface area contributed by atoms with Gasteiger partial charge < -0.3 is 5.32 Å². The molecular weight excluding hydrogens is 202 g/mol. The smallest absolute Gasteiger partial charge is 0.0331 e. The van der Waals surface area contributed by atoms with Crippen molar-refractivity contribution in [2.45, 2.75) is 37.1 Å². The van der Waals surface area contributed by atoms with Gasteiger partial charge in [0.05, 0.1) is 0 Å². The van der Waals surface area contributed by atoms with Crippen LogP contribution in [0.25, 0.3) is 0 Å². The van der Waals surface area contributed by atoms with E-state index in [1.165, 1.54) is 41.8 Å². The second kappa shape index (κ2) is 5.04. The molecule has 82 valence electrons. The second-order valence-corrected chi connectivity index (χ2v) is 5.10. The third-order valence-electron chi connectivity index (χ3n) is 3.07. The Morgan fingerprint density at radius 2 is 2.20 bits per heavy atom. The van der Waals surface area contributed by atoms with Crippen molar-refractivity contribution >= 4 is 11.8 Å². The van der Waals surface area contributed by atoms with Crippen LogP contribution >= 0.6 is 11.8 Å². The molecule has 1 unspecified atom stereocenters. The highest BCUT2D eigenvalue weighted by Crippen LogP contribution is 2.31. The van der Waals surface area contributed by atoms with Gasteiger partial charge in [-0.2, -0.15) is 0 Å². The van der Waals surface area contributed by atoms with Crippen LogP contribution in [0, 0.1) is 6.92 Å². The van der Waals surface area contributed by atoms with Gasteiger partial charge in [0.1, 0.15) is 0 Å². The van der Waals surface area contributed by atoms with Crippen LogP contribution in [-0.4, -0.2) is 12.8 Å². The number of aryl methyl sites for hydroxylation is 1. The standard InChI is InChI=1S/C13H19NS/c1-10-6-7-11(13(9-10)15-2)12-5-3-4-8-14-12/h6-7,9,12,14H,3-5,8H2,1-2H3. The molecule has 1 atom stereocenters. The summed E-state index contributed by atoms with van der Waals surface area (Å²) in [7, 11) is 0. The minimum atomic E-state index is 0.585. The number of hydrogen-bond acceptors (Lipinski definition) is 2. The van der Waals surface area contributed by atoms with Crippen molar-refractivity contribution in [3.8, 4) is 0 Å². The summed E-state index contributed by atoms with van der Waals surface area (Å²) in [6.45, 7) is 3.34. The van der Waals surface area contributed by atoms with Crippen LogP contribution in [-0.2, 0) is 0 Å². The van der Waals surface area contributed by atoms with Crippen molar-refractivity contribution < 1.29 is 0 Å². The highest BCUT2D eigenvalue weighted by molar-refractivity contribution is 7.98. The van der Waals surface area contributed by atoms with Crippen LogP contribution in [0.4, 0.5) is 0 Å². The van der Waals surface area contributed by atoms with Crippen molar-refractivity contribution in [3.05, 3.63) is 29.3 Å². The summed E-state index contributed by atoms with van der Waals surface area (Å²) in [5, 5.41) is 3.62. The molecule has 0 aliphatic carbocycles. The van der Waals surface area contributed by atoms with E-state index in [-0.39, 0.29) is 0 Å². The fourth-order valence-electron chi connectivity index (χ4n) is 2.22. The van der Waals surface area contributed by atoms with E-state index < -0.39 is 0 Å². The summed E-state index contributed by atoms with van der Waals surface area (Å²) in [6, 6.07) is 7.41. The summed E-state index contributed by atoms with van der Waals surface area (Å²) < 4.78 is 0. The first kappa shape index (κ1) is 11.0. The average Bonchev–Trinajstić information content (AvgIpc) is 2.30. The van der Waals surface area contributed by atoms with Crippen molar-refractivity contribution in [1.29, 1.82) is 0 Å². The quantitative estimate of drug-likeness (QED) is 0.767. The Morgan fingerprint density at radius 3 is 2.87 bits per heavy atom. The molecule has 0 radical (unpaired) electrons. The van der Waals surface area contributed by atoms with Gasteiger partial charge in [0, 0.05) is 10.9 Å². The topological polar surface area (TPSA) is 12.0 Å². The average molecular weight is 221 g/mol. The van der Waals surface area contributed by atoms with Gasteiger partial charge in [-0.05, 0) is 49.8 Å². The Labute approximate surface area is 96.7 Å². The lowest BCUT2D eigenvalue weighted by Crippen LogP contribution is -2.27. The molecule has 2 rings (SSSR count). The van der Waals surface area contributed by atoms with E-state index in [4.69, 9.17) is 0 Å². The number of benzene rings is 1. The van der Waals surface area contributed by atoms with Crippen LogP contribution in [0.1, 0.15) is 36.4 Å². The molecule has 1 saturated heterocycles. The van der Waals surface area contributed by atoms with E-state index in [0.29, 0.717) is 6.04 Å². The first-order valence-corrected chi connectivity index (χ1v) is 6.91. The Balaban J connectivity index is 2.25. The van der Waals surface area contributed by atoms with Gasteiger partial charge in [0.2, 0.25) is 0 Å². The van der Waals surface area contributed by atoms with E-state index in [0.717, 1.165) is 0 Å². The van der Waals surface area contributed by atoms with Gasteiger partial charge in [-0.15, -0.1) is 11.8 Å². The molecule has 1 nitrogen and oxygen atoms in total. The zero-order valence-corrected chi connectivity index (χ0v) is 10.4. The normalized spacial score (nSPS) is 21.6. The molecule has 1 heterocycles. The molecule has 0 saturated carbocycles. The predicted octanol–water partition coefficient (Wildman–Crippen LogP) is 3.53. The van der Waals surface area contributed by atoms with E-state index in [1.54, 1.807) is 0 Å². The van der Waals surface area contributed by atoms with Gasteiger partial charge in [0.15, 0.2) is 0 Å². The van der Waals surface area contributed by atoms with E-state index in [2.05, 4.69) is 36.7 Å². The molecule has 1 N–H and O–H groups in total. The van der Waals surface area contributed by atoms with Gasteiger partial charge in [-0.25, -0.2) is 0 Å². The molecule has 0 bridgehead atoms. The summed E-state index contributed by atoms with van der Waals surface area (Å²) in [6.07, 6.45) is 6.15. The van der Waals surface area contributed by atoms with Crippen LogP contribution in [0.15, 0.2) is 23.1 Å². The molecule has 1 aromatic rings. The second-order valence-electron chi connectivity index (χ2n) is 4.25. The monoisotopic (exact) mass is 221 g/mol. The first-order valence-electron chi connectivity index (χ1n) is 5.69. The van der Waals surface area contributed by atoms with Crippen LogP contribution in [0.2, 0.25) is 0 Å². The maximum absolute atomic E-state index is 3.62. The minimum absolute atomic E-state index is 0.585.